The maximum Gasteiger partial charge on any atom is 0.327 e. The number of para-hydroxylation sites is 1. The number of allylic oxidation sites excluding steroid dienone is 1. The van der Waals surface area contributed by atoms with Crippen molar-refractivity contribution >= 4 is 17.3 Å². The number of H-pyrrole nitrogens is 2. The maximum atomic E-state index is 13.5. The highest BCUT2D eigenvalue weighted by atomic mass is 16.5. The molecule has 1 atom stereocenters. The molecule has 0 unspecified atom stereocenters. The van der Waals surface area contributed by atoms with Gasteiger partial charge < -0.3 is 10.1 Å². The molecule has 0 saturated carbocycles. The van der Waals surface area contributed by atoms with E-state index in [4.69, 9.17) is 4.74 Å². The molecule has 6 rings (SSSR count). The van der Waals surface area contributed by atoms with Gasteiger partial charge >= 0.3 is 5.69 Å². The Balaban J connectivity index is 1.55. The van der Waals surface area contributed by atoms with Crippen LogP contribution >= 0.6 is 0 Å². The van der Waals surface area contributed by atoms with Gasteiger partial charge in [-0.3, -0.25) is 19.6 Å². The lowest BCUT2D eigenvalue weighted by atomic mass is 9.81. The molecule has 7 nitrogen and oxygen atoms in total. The van der Waals surface area contributed by atoms with Gasteiger partial charge in [-0.25, -0.2) is 4.79 Å². The molecule has 0 radical (unpaired) electrons. The molecule has 1 aromatic heterocycles. The fraction of sp³-hybridized carbons (Fsp3) is 0.0385. The number of benzene rings is 3. The molecular weight excluding hydrogens is 418 g/mol. The van der Waals surface area contributed by atoms with Crippen LogP contribution < -0.4 is 21.3 Å². The van der Waals surface area contributed by atoms with Crippen LogP contribution in [0, 0.1) is 0 Å². The zero-order valence-corrected chi connectivity index (χ0v) is 17.2. The molecule has 0 spiro atoms. The van der Waals surface area contributed by atoms with Crippen LogP contribution in [0.5, 0.6) is 11.5 Å². The number of aromatic nitrogens is 2. The van der Waals surface area contributed by atoms with Gasteiger partial charge in [0.05, 0.1) is 11.3 Å². The zero-order chi connectivity index (χ0) is 22.5. The lowest BCUT2D eigenvalue weighted by molar-refractivity contribution is 0.103. The third-order valence-corrected chi connectivity index (χ3v) is 5.93. The van der Waals surface area contributed by atoms with Crippen LogP contribution in [0.3, 0.4) is 0 Å². The largest absolute Gasteiger partial charge is 0.457 e. The highest BCUT2D eigenvalue weighted by Gasteiger charge is 2.41. The number of Topliss-reactive ketones (excluding diaryl/α,β-unsaturated/α-hetero) is 1. The number of nitrogens with one attached hydrogen (secondary N) is 3. The molecule has 0 bridgehead atoms. The highest BCUT2D eigenvalue weighted by molar-refractivity contribution is 6.23. The SMILES string of the molecule is O=C1C2=C(Nc3[nH]c(=O)[nH]c(=O)c3[C@@H]2c2cccc(Oc3ccccc3)c2)c2ccccc21. The molecule has 3 aromatic carbocycles. The van der Waals surface area contributed by atoms with Crippen molar-refractivity contribution in [3.8, 4) is 11.5 Å². The van der Waals surface area contributed by atoms with Gasteiger partial charge in [0, 0.05) is 22.6 Å². The number of rotatable bonds is 3. The molecule has 7 heteroatoms. The van der Waals surface area contributed by atoms with E-state index in [0.717, 1.165) is 5.56 Å². The van der Waals surface area contributed by atoms with E-state index in [1.165, 1.54) is 0 Å². The summed E-state index contributed by atoms with van der Waals surface area (Å²) in [6.07, 6.45) is 0. The van der Waals surface area contributed by atoms with Crippen molar-refractivity contribution in [2.45, 2.75) is 5.92 Å². The summed E-state index contributed by atoms with van der Waals surface area (Å²) in [5.74, 6) is 0.697. The van der Waals surface area contributed by atoms with E-state index in [1.807, 2.05) is 66.7 Å². The van der Waals surface area contributed by atoms with Gasteiger partial charge in [-0.05, 0) is 29.8 Å². The van der Waals surface area contributed by atoms with Crippen LogP contribution in [0.25, 0.3) is 5.70 Å². The second-order valence-corrected chi connectivity index (χ2v) is 7.91. The third kappa shape index (κ3) is 3.02. The van der Waals surface area contributed by atoms with Crippen LogP contribution in [-0.2, 0) is 0 Å². The first-order chi connectivity index (χ1) is 16.1. The van der Waals surface area contributed by atoms with E-state index in [1.54, 1.807) is 12.1 Å². The Kier molecular flexibility index (Phi) is 4.16. The minimum absolute atomic E-state index is 0.149. The smallest absolute Gasteiger partial charge is 0.327 e. The van der Waals surface area contributed by atoms with Gasteiger partial charge in [0.15, 0.2) is 5.78 Å². The Labute approximate surface area is 187 Å². The van der Waals surface area contributed by atoms with Gasteiger partial charge in [0.2, 0.25) is 0 Å². The van der Waals surface area contributed by atoms with Gasteiger partial charge in [0.25, 0.3) is 5.56 Å². The van der Waals surface area contributed by atoms with Gasteiger partial charge in [-0.15, -0.1) is 0 Å². The number of hydrogen-bond donors (Lipinski definition) is 3. The molecular formula is C26H17N3O4. The molecule has 2 aliphatic rings. The molecule has 2 heterocycles. The van der Waals surface area contributed by atoms with Crippen molar-refractivity contribution in [2.75, 3.05) is 5.32 Å². The van der Waals surface area contributed by atoms with E-state index >= 15 is 0 Å². The van der Waals surface area contributed by atoms with Gasteiger partial charge in [0.1, 0.15) is 17.3 Å². The molecule has 3 N–H and O–H groups in total. The topological polar surface area (TPSA) is 104 Å². The van der Waals surface area contributed by atoms with Crippen molar-refractivity contribution < 1.29 is 9.53 Å². The Morgan fingerprint density at radius 2 is 1.45 bits per heavy atom. The average Bonchev–Trinajstić information content (AvgIpc) is 3.10. The first kappa shape index (κ1) is 19.1. The summed E-state index contributed by atoms with van der Waals surface area (Å²) in [6, 6.07) is 23.9. The normalized spacial score (nSPS) is 16.0. The standard InChI is InChI=1S/C26H17N3O4/c30-23-18-12-5-4-11-17(18)22-20(23)19(21-24(27-22)28-26(32)29-25(21)31)14-7-6-10-16(13-14)33-15-8-2-1-3-9-15/h1-13,19H,(H3,27,28,29,31,32)/t19-/m1/s1. The number of fused-ring (bicyclic) bond motifs is 3. The Hall–Kier alpha value is -4.65. The average molecular weight is 435 g/mol. The first-order valence-corrected chi connectivity index (χ1v) is 10.4. The minimum Gasteiger partial charge on any atom is -0.457 e. The third-order valence-electron chi connectivity index (χ3n) is 5.93. The first-order valence-electron chi connectivity index (χ1n) is 10.4. The van der Waals surface area contributed by atoms with E-state index in [0.29, 0.717) is 33.9 Å². The lowest BCUT2D eigenvalue weighted by Crippen LogP contribution is -2.33. The second-order valence-electron chi connectivity index (χ2n) is 7.91. The van der Waals surface area contributed by atoms with Gasteiger partial charge in [-0.2, -0.15) is 0 Å². The van der Waals surface area contributed by atoms with E-state index < -0.39 is 17.2 Å². The van der Waals surface area contributed by atoms with Crippen LogP contribution in [0.2, 0.25) is 0 Å². The van der Waals surface area contributed by atoms with Crippen LogP contribution in [0.4, 0.5) is 5.82 Å². The van der Waals surface area contributed by atoms with Crippen LogP contribution in [0.15, 0.2) is 94.0 Å². The number of ketones is 1. The monoisotopic (exact) mass is 435 g/mol. The molecule has 0 fully saturated rings. The molecule has 33 heavy (non-hydrogen) atoms. The number of ether oxygens (including phenoxy) is 1. The summed E-state index contributed by atoms with van der Waals surface area (Å²) in [4.78, 5) is 43.4. The predicted molar refractivity (Wildman–Crippen MR) is 124 cm³/mol. The predicted octanol–water partition coefficient (Wildman–Crippen LogP) is 4.02. The van der Waals surface area contributed by atoms with E-state index in [2.05, 4.69) is 15.3 Å². The Morgan fingerprint density at radius 3 is 2.27 bits per heavy atom. The summed E-state index contributed by atoms with van der Waals surface area (Å²) >= 11 is 0. The van der Waals surface area contributed by atoms with Crippen LogP contribution in [0.1, 0.15) is 33.0 Å². The summed E-state index contributed by atoms with van der Waals surface area (Å²) < 4.78 is 5.99. The molecule has 1 aliphatic carbocycles. The maximum absolute atomic E-state index is 13.5. The highest BCUT2D eigenvalue weighted by Crippen LogP contribution is 2.47. The van der Waals surface area contributed by atoms with Crippen molar-refractivity contribution in [2.24, 2.45) is 0 Å². The fourth-order valence-electron chi connectivity index (χ4n) is 4.57. The quantitative estimate of drug-likeness (QED) is 0.451. The number of anilines is 1. The number of hydrogen-bond acceptors (Lipinski definition) is 5. The van der Waals surface area contributed by atoms with Crippen molar-refractivity contribution in [1.82, 2.24) is 9.97 Å². The molecule has 4 aromatic rings. The lowest BCUT2D eigenvalue weighted by Gasteiger charge is -2.27. The molecule has 1 aliphatic heterocycles. The summed E-state index contributed by atoms with van der Waals surface area (Å²) in [5, 5.41) is 3.13. The van der Waals surface area contributed by atoms with E-state index in [-0.39, 0.29) is 17.2 Å². The van der Waals surface area contributed by atoms with Gasteiger partial charge in [-0.1, -0.05) is 54.6 Å². The Morgan fingerprint density at radius 1 is 0.727 bits per heavy atom. The molecule has 0 amide bonds. The number of aromatic amines is 2. The zero-order valence-electron chi connectivity index (χ0n) is 17.2. The number of carbonyl (C=O) groups is 1. The van der Waals surface area contributed by atoms with Crippen molar-refractivity contribution in [3.63, 3.8) is 0 Å². The summed E-state index contributed by atoms with van der Waals surface area (Å²) in [7, 11) is 0. The van der Waals surface area contributed by atoms with E-state index in [9.17, 15) is 14.4 Å². The van der Waals surface area contributed by atoms with Crippen molar-refractivity contribution in [1.29, 1.82) is 0 Å². The molecule has 0 saturated heterocycles. The Bertz CT molecular complexity index is 1580. The minimum atomic E-state index is -0.684. The second kappa shape index (κ2) is 7.20. The summed E-state index contributed by atoms with van der Waals surface area (Å²) in [6.45, 7) is 0. The number of carbonyl (C=O) groups excluding carboxylic acids is 1. The molecule has 160 valence electrons. The fourth-order valence-corrected chi connectivity index (χ4v) is 4.57. The van der Waals surface area contributed by atoms with Crippen molar-refractivity contribution in [3.05, 3.63) is 128 Å². The summed E-state index contributed by atoms with van der Waals surface area (Å²) in [5.41, 5.74) is 2.20. The van der Waals surface area contributed by atoms with Crippen LogP contribution in [-0.4, -0.2) is 15.8 Å².